The molecule has 0 atom stereocenters. The number of Topliss-reactive ketones (excluding diaryl/α,β-unsaturated/α-hetero) is 1. The van der Waals surface area contributed by atoms with E-state index in [1.54, 1.807) is 0 Å². The lowest BCUT2D eigenvalue weighted by atomic mass is 9.86. The van der Waals surface area contributed by atoms with Crippen LogP contribution in [0.15, 0.2) is 28.0 Å². The molecule has 0 radical (unpaired) electrons. The van der Waals surface area contributed by atoms with Crippen LogP contribution in [-0.2, 0) is 4.79 Å². The first-order valence-corrected chi connectivity index (χ1v) is 7.41. The van der Waals surface area contributed by atoms with Gasteiger partial charge in [0, 0.05) is 12.0 Å². The fourth-order valence-corrected chi connectivity index (χ4v) is 2.64. The van der Waals surface area contributed by atoms with Gasteiger partial charge in [0.15, 0.2) is 5.78 Å². The van der Waals surface area contributed by atoms with E-state index in [0.29, 0.717) is 17.8 Å². The van der Waals surface area contributed by atoms with Crippen LogP contribution in [0.2, 0.25) is 0 Å². The molecular weight excluding hydrogens is 238 g/mol. The summed E-state index contributed by atoms with van der Waals surface area (Å²) in [7, 11) is 0. The van der Waals surface area contributed by atoms with Crippen LogP contribution in [0, 0.1) is 0 Å². The maximum atomic E-state index is 11.5. The summed E-state index contributed by atoms with van der Waals surface area (Å²) < 4.78 is 0. The maximum absolute atomic E-state index is 11.5. The van der Waals surface area contributed by atoms with E-state index in [1.165, 1.54) is 32.1 Å². The molecule has 3 nitrogen and oxygen atoms in total. The van der Waals surface area contributed by atoms with Gasteiger partial charge in [0.2, 0.25) is 0 Å². The second kappa shape index (κ2) is 6.69. The molecule has 104 valence electrons. The monoisotopic (exact) mass is 260 g/mol. The van der Waals surface area contributed by atoms with Crippen molar-refractivity contribution in [2.45, 2.75) is 58.3 Å². The van der Waals surface area contributed by atoms with E-state index in [2.05, 4.69) is 18.0 Å². The van der Waals surface area contributed by atoms with Crippen LogP contribution in [0.25, 0.3) is 0 Å². The molecule has 1 aliphatic heterocycles. The van der Waals surface area contributed by atoms with Crippen LogP contribution < -0.4 is 5.11 Å². The first-order valence-electron chi connectivity index (χ1n) is 7.41. The smallest absolute Gasteiger partial charge is 0.167 e. The first-order chi connectivity index (χ1) is 9.24. The molecule has 0 amide bonds. The predicted octanol–water partition coefficient (Wildman–Crippen LogP) is 2.71. The van der Waals surface area contributed by atoms with Gasteiger partial charge in [0.05, 0.1) is 12.3 Å². The van der Waals surface area contributed by atoms with Gasteiger partial charge in [-0.15, -0.1) is 5.76 Å². The van der Waals surface area contributed by atoms with E-state index in [0.717, 1.165) is 18.4 Å². The van der Waals surface area contributed by atoms with Gasteiger partial charge < -0.3 is 5.11 Å². The second-order valence-corrected chi connectivity index (χ2v) is 5.33. The van der Waals surface area contributed by atoms with Gasteiger partial charge in [0.1, 0.15) is 0 Å². The van der Waals surface area contributed by atoms with Crippen molar-refractivity contribution >= 4 is 11.5 Å². The molecule has 19 heavy (non-hydrogen) atoms. The lowest BCUT2D eigenvalue weighted by Gasteiger charge is -2.27. The lowest BCUT2D eigenvalue weighted by molar-refractivity contribution is -0.309. The van der Waals surface area contributed by atoms with Gasteiger partial charge in [0.25, 0.3) is 0 Å². The predicted molar refractivity (Wildman–Crippen MR) is 75.0 cm³/mol. The molecule has 1 aliphatic carbocycles. The average Bonchev–Trinajstić information content (AvgIpc) is 2.81. The number of hydrogen-bond acceptors (Lipinski definition) is 3. The highest BCUT2D eigenvalue weighted by atomic mass is 16.3. The summed E-state index contributed by atoms with van der Waals surface area (Å²) in [5.41, 5.74) is 2.19. The van der Waals surface area contributed by atoms with Crippen LogP contribution in [0.5, 0.6) is 0 Å². The zero-order valence-corrected chi connectivity index (χ0v) is 11.7. The van der Waals surface area contributed by atoms with Crippen LogP contribution in [0.3, 0.4) is 0 Å². The summed E-state index contributed by atoms with van der Waals surface area (Å²) in [6.07, 6.45) is 10.6. The fourth-order valence-electron chi connectivity index (χ4n) is 2.64. The molecule has 0 aromatic carbocycles. The summed E-state index contributed by atoms with van der Waals surface area (Å²) in [4.78, 5) is 15.8. The first kappa shape index (κ1) is 14.0. The van der Waals surface area contributed by atoms with Crippen LogP contribution in [-0.4, -0.2) is 18.0 Å². The summed E-state index contributed by atoms with van der Waals surface area (Å²) in [5.74, 6) is -0.0565. The molecule has 0 N–H and O–H groups in total. The molecule has 0 spiro atoms. The Morgan fingerprint density at radius 1 is 1.21 bits per heavy atom. The topological polar surface area (TPSA) is 52.5 Å². The van der Waals surface area contributed by atoms with Crippen molar-refractivity contribution in [3.63, 3.8) is 0 Å². The Bertz CT molecular complexity index is 444. The molecule has 3 heteroatoms. The SMILES string of the molecule is CCCCCCCCC1=CCN=C1C1=C([O-])CC1=O. The minimum Gasteiger partial charge on any atom is -0.875 e. The van der Waals surface area contributed by atoms with Gasteiger partial charge >= 0.3 is 0 Å². The number of allylic oxidation sites excluding steroid dienone is 3. The highest BCUT2D eigenvalue weighted by Gasteiger charge is 2.28. The minimum absolute atomic E-state index is 0.0282. The molecular formula is C16H22NO2-. The summed E-state index contributed by atoms with van der Waals surface area (Å²) in [6, 6.07) is 0. The van der Waals surface area contributed by atoms with Gasteiger partial charge in [-0.2, -0.15) is 0 Å². The Hall–Kier alpha value is -1.38. The summed E-state index contributed by atoms with van der Waals surface area (Å²) >= 11 is 0. The van der Waals surface area contributed by atoms with Crippen molar-refractivity contribution in [2.24, 2.45) is 4.99 Å². The second-order valence-electron chi connectivity index (χ2n) is 5.33. The van der Waals surface area contributed by atoms with Crippen molar-refractivity contribution in [3.8, 4) is 0 Å². The number of carbonyl (C=O) groups is 1. The van der Waals surface area contributed by atoms with E-state index < -0.39 is 0 Å². The average molecular weight is 260 g/mol. The third-order valence-corrected chi connectivity index (χ3v) is 3.81. The largest absolute Gasteiger partial charge is 0.875 e. The summed E-state index contributed by atoms with van der Waals surface area (Å²) in [6.45, 7) is 2.85. The van der Waals surface area contributed by atoms with Gasteiger partial charge in [-0.3, -0.25) is 9.79 Å². The lowest BCUT2D eigenvalue weighted by Crippen LogP contribution is -2.31. The van der Waals surface area contributed by atoms with E-state index in [9.17, 15) is 9.90 Å². The Morgan fingerprint density at radius 3 is 2.63 bits per heavy atom. The molecule has 0 fully saturated rings. The van der Waals surface area contributed by atoms with Crippen LogP contribution >= 0.6 is 0 Å². The highest BCUT2D eigenvalue weighted by Crippen LogP contribution is 2.28. The molecule has 0 bridgehead atoms. The quantitative estimate of drug-likeness (QED) is 0.630. The zero-order valence-electron chi connectivity index (χ0n) is 11.7. The molecule has 0 saturated heterocycles. The Labute approximate surface area is 115 Å². The standard InChI is InChI=1S/C16H23NO2/c1-2-3-4-5-6-7-8-12-9-10-17-16(12)15-13(18)11-14(15)19/h9,18H,2-8,10-11H2,1H3/p-1. The van der Waals surface area contributed by atoms with Crippen molar-refractivity contribution < 1.29 is 9.90 Å². The van der Waals surface area contributed by atoms with Gasteiger partial charge in [-0.25, -0.2) is 0 Å². The normalized spacial score (nSPS) is 18.5. The Kier molecular flexibility index (Phi) is 4.94. The Balaban J connectivity index is 1.77. The molecule has 0 saturated carbocycles. The zero-order chi connectivity index (χ0) is 13.7. The molecule has 1 heterocycles. The number of unbranched alkanes of at least 4 members (excludes halogenated alkanes) is 5. The van der Waals surface area contributed by atoms with Crippen LogP contribution in [0.1, 0.15) is 58.3 Å². The molecule has 0 aromatic rings. The Morgan fingerprint density at radius 2 is 1.95 bits per heavy atom. The third-order valence-electron chi connectivity index (χ3n) is 3.81. The molecule has 0 aromatic heterocycles. The van der Waals surface area contributed by atoms with E-state index in [1.807, 2.05) is 0 Å². The van der Waals surface area contributed by atoms with Gasteiger partial charge in [-0.05, 0) is 18.4 Å². The third kappa shape index (κ3) is 3.34. The molecule has 0 unspecified atom stereocenters. The van der Waals surface area contributed by atoms with Crippen molar-refractivity contribution in [1.82, 2.24) is 0 Å². The van der Waals surface area contributed by atoms with E-state index in [-0.39, 0.29) is 18.0 Å². The number of nitrogens with zero attached hydrogens (tertiary/aromatic N) is 1. The van der Waals surface area contributed by atoms with Crippen molar-refractivity contribution in [1.29, 1.82) is 0 Å². The number of carbonyl (C=O) groups excluding carboxylic acids is 1. The number of hydrogen-bond donors (Lipinski definition) is 0. The van der Waals surface area contributed by atoms with E-state index in [4.69, 9.17) is 0 Å². The fraction of sp³-hybridized carbons (Fsp3) is 0.625. The highest BCUT2D eigenvalue weighted by molar-refractivity contribution is 6.32. The molecule has 2 aliphatic rings. The van der Waals surface area contributed by atoms with E-state index >= 15 is 0 Å². The van der Waals surface area contributed by atoms with Crippen molar-refractivity contribution in [2.75, 3.05) is 6.54 Å². The number of aliphatic imine (C=N–C) groups is 1. The number of rotatable bonds is 8. The summed E-state index contributed by atoms with van der Waals surface area (Å²) in [5, 5.41) is 11.5. The van der Waals surface area contributed by atoms with Gasteiger partial charge in [-0.1, -0.05) is 45.1 Å². The molecule has 2 rings (SSSR count). The van der Waals surface area contributed by atoms with Crippen LogP contribution in [0.4, 0.5) is 0 Å². The minimum atomic E-state index is -0.0282. The number of ketones is 1. The maximum Gasteiger partial charge on any atom is 0.167 e. The van der Waals surface area contributed by atoms with Crippen molar-refractivity contribution in [3.05, 3.63) is 23.0 Å².